The zero-order valence-electron chi connectivity index (χ0n) is 20.4. The number of benzene rings is 4. The molecule has 0 N–H and O–H groups in total. The largest absolute Gasteiger partial charge is 0.292 e. The maximum Gasteiger partial charge on any atom is 0.138 e. The van der Waals surface area contributed by atoms with Gasteiger partial charge in [0.05, 0.1) is 33.1 Å². The van der Waals surface area contributed by atoms with Crippen LogP contribution in [0, 0.1) is 0 Å². The summed E-state index contributed by atoms with van der Waals surface area (Å²) < 4.78 is 4.76. The molecule has 4 heteroatoms. The van der Waals surface area contributed by atoms with Crippen molar-refractivity contribution in [1.29, 1.82) is 0 Å². The third kappa shape index (κ3) is 3.21. The van der Waals surface area contributed by atoms with Gasteiger partial charge in [0.25, 0.3) is 0 Å². The van der Waals surface area contributed by atoms with Gasteiger partial charge in [0.15, 0.2) is 0 Å². The van der Waals surface area contributed by atoms with E-state index in [9.17, 15) is 0 Å². The van der Waals surface area contributed by atoms with Crippen molar-refractivity contribution in [3.05, 3.63) is 128 Å². The number of rotatable bonds is 3. The second-order valence-corrected chi connectivity index (χ2v) is 10.5. The van der Waals surface area contributed by atoms with Crippen molar-refractivity contribution in [2.45, 2.75) is 0 Å². The molecule has 4 aromatic carbocycles. The number of aromatic nitrogens is 3. The van der Waals surface area contributed by atoms with Crippen molar-refractivity contribution in [2.24, 2.45) is 0 Å². The van der Waals surface area contributed by atoms with E-state index in [0.717, 1.165) is 39.2 Å². The first-order valence-electron chi connectivity index (χ1n) is 12.7. The Balaban J connectivity index is 1.49. The van der Waals surface area contributed by atoms with Crippen molar-refractivity contribution in [3.63, 3.8) is 0 Å². The van der Waals surface area contributed by atoms with E-state index in [0.29, 0.717) is 0 Å². The van der Waals surface area contributed by atoms with E-state index in [4.69, 9.17) is 9.97 Å². The number of hydrogen-bond acceptors (Lipinski definition) is 3. The molecule has 0 spiro atoms. The first kappa shape index (κ1) is 21.3. The minimum absolute atomic E-state index is 0.888. The van der Waals surface area contributed by atoms with Crippen LogP contribution in [0.1, 0.15) is 0 Å². The summed E-state index contributed by atoms with van der Waals surface area (Å²) in [5, 5.41) is 3.66. The van der Waals surface area contributed by atoms with Gasteiger partial charge in [0.2, 0.25) is 0 Å². The van der Waals surface area contributed by atoms with E-state index in [-0.39, 0.29) is 0 Å². The van der Waals surface area contributed by atoms with Gasteiger partial charge in [-0.1, -0.05) is 97.1 Å². The summed E-state index contributed by atoms with van der Waals surface area (Å²) in [6.07, 6.45) is 2.02. The molecule has 0 aliphatic rings. The van der Waals surface area contributed by atoms with E-state index in [1.807, 2.05) is 23.6 Å². The van der Waals surface area contributed by atoms with Crippen molar-refractivity contribution in [2.75, 3.05) is 0 Å². The minimum Gasteiger partial charge on any atom is -0.292 e. The SMILES string of the molecule is c1ccc(-c2cc(-c3ccccc3)nc(-n3c4ccccc4c4c5sc6ccccc6c5ncc43)c2)cc1. The summed E-state index contributed by atoms with van der Waals surface area (Å²) in [5.41, 5.74) is 7.61. The molecule has 0 radical (unpaired) electrons. The second kappa shape index (κ2) is 8.37. The Hall–Kier alpha value is -4.80. The quantitative estimate of drug-likeness (QED) is 0.240. The van der Waals surface area contributed by atoms with Crippen LogP contribution in [0.25, 0.3) is 70.3 Å². The average molecular weight is 504 g/mol. The van der Waals surface area contributed by atoms with Crippen LogP contribution in [0.3, 0.4) is 0 Å². The number of hydrogen-bond donors (Lipinski definition) is 0. The molecule has 38 heavy (non-hydrogen) atoms. The van der Waals surface area contributed by atoms with Gasteiger partial charge >= 0.3 is 0 Å². The number of pyridine rings is 2. The molecule has 8 rings (SSSR count). The van der Waals surface area contributed by atoms with E-state index < -0.39 is 0 Å². The van der Waals surface area contributed by atoms with Crippen LogP contribution in [0.15, 0.2) is 128 Å². The summed E-state index contributed by atoms with van der Waals surface area (Å²) >= 11 is 1.82. The lowest BCUT2D eigenvalue weighted by Gasteiger charge is -2.12. The molecule has 178 valence electrons. The van der Waals surface area contributed by atoms with Gasteiger partial charge < -0.3 is 0 Å². The molecule has 0 atom stereocenters. The van der Waals surface area contributed by atoms with Gasteiger partial charge in [-0.05, 0) is 35.4 Å². The van der Waals surface area contributed by atoms with Crippen LogP contribution in [-0.2, 0) is 0 Å². The summed E-state index contributed by atoms with van der Waals surface area (Å²) in [6, 6.07) is 42.5. The zero-order valence-corrected chi connectivity index (χ0v) is 21.2. The highest BCUT2D eigenvalue weighted by Crippen LogP contribution is 2.42. The highest BCUT2D eigenvalue weighted by atomic mass is 32.1. The molecule has 0 fully saturated rings. The fourth-order valence-corrected chi connectivity index (χ4v) is 6.72. The standard InChI is InChI=1S/C34H21N3S/c1-3-11-22(12-4-1)24-19-27(23-13-5-2-6-14-23)36-31(20-24)37-28-17-9-7-15-25(28)32-29(37)21-35-33-26-16-8-10-18-30(26)38-34(32)33/h1-21H. The number of para-hydroxylation sites is 1. The smallest absolute Gasteiger partial charge is 0.138 e. The monoisotopic (exact) mass is 503 g/mol. The fourth-order valence-electron chi connectivity index (χ4n) is 5.51. The van der Waals surface area contributed by atoms with Crippen LogP contribution in [0.4, 0.5) is 0 Å². The highest BCUT2D eigenvalue weighted by molar-refractivity contribution is 7.26. The third-order valence-corrected chi connectivity index (χ3v) is 8.42. The Kier molecular flexibility index (Phi) is 4.69. The molecule has 4 heterocycles. The molecular weight excluding hydrogens is 482 g/mol. The highest BCUT2D eigenvalue weighted by Gasteiger charge is 2.19. The van der Waals surface area contributed by atoms with Crippen LogP contribution < -0.4 is 0 Å². The van der Waals surface area contributed by atoms with Crippen molar-refractivity contribution < 1.29 is 0 Å². The molecule has 0 aliphatic heterocycles. The van der Waals surface area contributed by atoms with Crippen LogP contribution in [0.5, 0.6) is 0 Å². The molecule has 0 amide bonds. The van der Waals surface area contributed by atoms with Crippen molar-refractivity contribution in [1.82, 2.24) is 14.5 Å². The Morgan fingerprint density at radius 1 is 0.579 bits per heavy atom. The first-order valence-corrected chi connectivity index (χ1v) is 13.5. The van der Waals surface area contributed by atoms with Gasteiger partial charge in [0.1, 0.15) is 5.82 Å². The number of thiophene rings is 1. The normalized spacial score (nSPS) is 11.7. The fraction of sp³-hybridized carbons (Fsp3) is 0. The van der Waals surface area contributed by atoms with E-state index >= 15 is 0 Å². The van der Waals surface area contributed by atoms with Gasteiger partial charge in [-0.2, -0.15) is 0 Å². The lowest BCUT2D eigenvalue weighted by molar-refractivity contribution is 1.08. The Morgan fingerprint density at radius 2 is 1.26 bits per heavy atom. The van der Waals surface area contributed by atoms with Crippen LogP contribution in [-0.4, -0.2) is 14.5 Å². The minimum atomic E-state index is 0.888. The molecule has 0 aliphatic carbocycles. The van der Waals surface area contributed by atoms with Gasteiger partial charge in [-0.15, -0.1) is 11.3 Å². The Bertz CT molecular complexity index is 2070. The lowest BCUT2D eigenvalue weighted by atomic mass is 10.0. The molecule has 0 bridgehead atoms. The predicted molar refractivity (Wildman–Crippen MR) is 160 cm³/mol. The predicted octanol–water partition coefficient (Wildman–Crippen LogP) is 9.28. The van der Waals surface area contributed by atoms with E-state index in [1.54, 1.807) is 0 Å². The maximum atomic E-state index is 5.23. The molecule has 0 unspecified atom stereocenters. The van der Waals surface area contributed by atoms with Gasteiger partial charge in [0, 0.05) is 26.4 Å². The molecular formula is C34H21N3S. The van der Waals surface area contributed by atoms with Crippen LogP contribution >= 0.6 is 11.3 Å². The molecule has 3 nitrogen and oxygen atoms in total. The Labute approximate surface area is 223 Å². The topological polar surface area (TPSA) is 30.7 Å². The third-order valence-electron chi connectivity index (χ3n) is 7.24. The molecule has 0 saturated carbocycles. The summed E-state index contributed by atoms with van der Waals surface area (Å²) in [5.74, 6) is 0.888. The summed E-state index contributed by atoms with van der Waals surface area (Å²) in [7, 11) is 0. The van der Waals surface area contributed by atoms with Crippen molar-refractivity contribution in [3.8, 4) is 28.2 Å². The molecule has 0 saturated heterocycles. The van der Waals surface area contributed by atoms with E-state index in [1.165, 1.54) is 31.1 Å². The first-order chi connectivity index (χ1) is 18.8. The Morgan fingerprint density at radius 3 is 2.08 bits per heavy atom. The molecule has 8 aromatic rings. The summed E-state index contributed by atoms with van der Waals surface area (Å²) in [6.45, 7) is 0. The number of fused-ring (bicyclic) bond motifs is 7. The zero-order chi connectivity index (χ0) is 25.1. The van der Waals surface area contributed by atoms with Gasteiger partial charge in [-0.25, -0.2) is 4.98 Å². The number of nitrogens with zero attached hydrogens (tertiary/aromatic N) is 3. The van der Waals surface area contributed by atoms with E-state index in [2.05, 4.69) is 120 Å². The van der Waals surface area contributed by atoms with Crippen molar-refractivity contribution >= 4 is 53.4 Å². The van der Waals surface area contributed by atoms with Crippen LogP contribution in [0.2, 0.25) is 0 Å². The maximum absolute atomic E-state index is 5.23. The average Bonchev–Trinajstić information content (AvgIpc) is 3.53. The van der Waals surface area contributed by atoms with Gasteiger partial charge in [-0.3, -0.25) is 9.55 Å². The summed E-state index contributed by atoms with van der Waals surface area (Å²) in [4.78, 5) is 10.2. The lowest BCUT2D eigenvalue weighted by Crippen LogP contribution is -2.00. The molecule has 4 aromatic heterocycles. The second-order valence-electron chi connectivity index (χ2n) is 9.48.